The Morgan fingerprint density at radius 1 is 1.22 bits per heavy atom. The van der Waals surface area contributed by atoms with Crippen LogP contribution < -0.4 is 5.32 Å². The Bertz CT molecular complexity index is 385. The Morgan fingerprint density at radius 2 is 1.87 bits per heavy atom. The van der Waals surface area contributed by atoms with Gasteiger partial charge in [-0.3, -0.25) is 4.99 Å². The fraction of sp³-hybridized carbons (Fsp3) is 0.882. The third kappa shape index (κ3) is 7.57. The van der Waals surface area contributed by atoms with E-state index in [0.29, 0.717) is 19.6 Å². The highest BCUT2D eigenvalue weighted by atomic mass is 16.6. The number of carbonyl (C=O) groups is 1. The summed E-state index contributed by atoms with van der Waals surface area (Å²) in [4.78, 5) is 21.0. The van der Waals surface area contributed by atoms with E-state index in [1.165, 1.54) is 12.8 Å². The number of aliphatic imine (C=N–C) groups is 1. The second-order valence-corrected chi connectivity index (χ2v) is 6.90. The zero-order valence-corrected chi connectivity index (χ0v) is 15.5. The van der Waals surface area contributed by atoms with Gasteiger partial charge in [-0.25, -0.2) is 4.79 Å². The average molecular weight is 326 g/mol. The predicted octanol–water partition coefficient (Wildman–Crippen LogP) is 2.69. The standard InChI is InChI=1S/C17H34N4O2/c1-6-11-21(16(22)23-17(3,4)5)14-10-19-15(18-7-2)20-12-8-9-13-20/h6-14H2,1-5H3,(H,18,19). The first-order valence-corrected chi connectivity index (χ1v) is 8.88. The molecule has 1 saturated heterocycles. The molecule has 6 heteroatoms. The highest BCUT2D eigenvalue weighted by Crippen LogP contribution is 2.11. The van der Waals surface area contributed by atoms with Crippen molar-refractivity contribution in [2.24, 2.45) is 4.99 Å². The third-order valence-corrected chi connectivity index (χ3v) is 3.52. The minimum Gasteiger partial charge on any atom is -0.444 e. The van der Waals surface area contributed by atoms with Crippen molar-refractivity contribution in [1.82, 2.24) is 15.1 Å². The number of rotatable bonds is 6. The number of likely N-dealkylation sites (tertiary alicyclic amines) is 1. The van der Waals surface area contributed by atoms with Gasteiger partial charge in [0.05, 0.1) is 6.54 Å². The first-order chi connectivity index (χ1) is 10.9. The minimum absolute atomic E-state index is 0.249. The van der Waals surface area contributed by atoms with Gasteiger partial charge in [-0.2, -0.15) is 0 Å². The molecule has 1 aliphatic rings. The summed E-state index contributed by atoms with van der Waals surface area (Å²) in [5, 5.41) is 3.34. The maximum absolute atomic E-state index is 12.2. The smallest absolute Gasteiger partial charge is 0.410 e. The predicted molar refractivity (Wildman–Crippen MR) is 94.9 cm³/mol. The molecule has 134 valence electrons. The number of ether oxygens (including phenoxy) is 1. The van der Waals surface area contributed by atoms with Gasteiger partial charge in [0.2, 0.25) is 0 Å². The highest BCUT2D eigenvalue weighted by Gasteiger charge is 2.21. The number of hydrogen-bond donors (Lipinski definition) is 1. The van der Waals surface area contributed by atoms with Gasteiger partial charge >= 0.3 is 6.09 Å². The Hall–Kier alpha value is -1.46. The number of carbonyl (C=O) groups excluding carboxylic acids is 1. The molecule has 1 rings (SSSR count). The summed E-state index contributed by atoms with van der Waals surface area (Å²) in [6.45, 7) is 14.7. The van der Waals surface area contributed by atoms with Crippen LogP contribution in [0.1, 0.15) is 53.9 Å². The van der Waals surface area contributed by atoms with Gasteiger partial charge in [0.15, 0.2) is 5.96 Å². The van der Waals surface area contributed by atoms with E-state index in [9.17, 15) is 4.79 Å². The Kier molecular flexibility index (Phi) is 8.20. The molecule has 0 spiro atoms. The van der Waals surface area contributed by atoms with E-state index >= 15 is 0 Å². The molecule has 0 radical (unpaired) electrons. The van der Waals surface area contributed by atoms with Crippen molar-refractivity contribution < 1.29 is 9.53 Å². The number of hydrogen-bond acceptors (Lipinski definition) is 3. The molecule has 0 saturated carbocycles. The SMILES string of the molecule is CCCN(CCN=C(NCC)N1CCCC1)C(=O)OC(C)(C)C. The number of guanidine groups is 1. The van der Waals surface area contributed by atoms with Gasteiger partial charge in [0.25, 0.3) is 0 Å². The van der Waals surface area contributed by atoms with Gasteiger partial charge in [0, 0.05) is 32.7 Å². The lowest BCUT2D eigenvalue weighted by Gasteiger charge is -2.27. The lowest BCUT2D eigenvalue weighted by atomic mass is 10.2. The van der Waals surface area contributed by atoms with E-state index in [2.05, 4.69) is 29.1 Å². The fourth-order valence-electron chi connectivity index (χ4n) is 2.52. The lowest BCUT2D eigenvalue weighted by molar-refractivity contribution is 0.0256. The van der Waals surface area contributed by atoms with Crippen LogP contribution >= 0.6 is 0 Å². The molecular formula is C17H34N4O2. The van der Waals surface area contributed by atoms with E-state index in [4.69, 9.17) is 4.74 Å². The summed E-state index contributed by atoms with van der Waals surface area (Å²) >= 11 is 0. The molecule has 0 aromatic rings. The van der Waals surface area contributed by atoms with Crippen molar-refractivity contribution in [1.29, 1.82) is 0 Å². The van der Waals surface area contributed by atoms with Crippen LogP contribution in [-0.4, -0.2) is 66.7 Å². The molecule has 1 fully saturated rings. The summed E-state index contributed by atoms with van der Waals surface area (Å²) in [6.07, 6.45) is 3.12. The van der Waals surface area contributed by atoms with Crippen LogP contribution in [0.2, 0.25) is 0 Å². The van der Waals surface area contributed by atoms with Crippen LogP contribution in [0.4, 0.5) is 4.79 Å². The van der Waals surface area contributed by atoms with E-state index in [-0.39, 0.29) is 6.09 Å². The minimum atomic E-state index is -0.461. The Labute approximate surface area is 141 Å². The van der Waals surface area contributed by atoms with Gasteiger partial charge < -0.3 is 19.9 Å². The maximum atomic E-state index is 12.2. The van der Waals surface area contributed by atoms with Crippen molar-refractivity contribution >= 4 is 12.1 Å². The molecule has 0 aromatic carbocycles. The third-order valence-electron chi connectivity index (χ3n) is 3.52. The van der Waals surface area contributed by atoms with Crippen molar-refractivity contribution in [2.45, 2.75) is 59.5 Å². The van der Waals surface area contributed by atoms with Crippen LogP contribution in [0.5, 0.6) is 0 Å². The molecule has 0 unspecified atom stereocenters. The number of nitrogens with zero attached hydrogens (tertiary/aromatic N) is 3. The zero-order valence-electron chi connectivity index (χ0n) is 15.5. The molecular weight excluding hydrogens is 292 g/mol. The number of amides is 1. The topological polar surface area (TPSA) is 57.2 Å². The van der Waals surface area contributed by atoms with E-state index in [0.717, 1.165) is 32.0 Å². The van der Waals surface area contributed by atoms with Crippen LogP contribution in [0.25, 0.3) is 0 Å². The fourth-order valence-corrected chi connectivity index (χ4v) is 2.52. The summed E-state index contributed by atoms with van der Waals surface area (Å²) in [5.41, 5.74) is -0.461. The molecule has 0 atom stereocenters. The van der Waals surface area contributed by atoms with Crippen LogP contribution in [0.3, 0.4) is 0 Å². The maximum Gasteiger partial charge on any atom is 0.410 e. The van der Waals surface area contributed by atoms with Gasteiger partial charge in [-0.05, 0) is 47.0 Å². The average Bonchev–Trinajstić information content (AvgIpc) is 2.97. The Balaban J connectivity index is 2.58. The summed E-state index contributed by atoms with van der Waals surface area (Å²) < 4.78 is 5.47. The first kappa shape index (κ1) is 19.6. The lowest BCUT2D eigenvalue weighted by Crippen LogP contribution is -2.41. The van der Waals surface area contributed by atoms with E-state index in [1.54, 1.807) is 4.90 Å². The Morgan fingerprint density at radius 3 is 2.39 bits per heavy atom. The molecule has 1 aliphatic heterocycles. The molecule has 6 nitrogen and oxygen atoms in total. The summed E-state index contributed by atoms with van der Waals surface area (Å²) in [5.74, 6) is 0.964. The summed E-state index contributed by atoms with van der Waals surface area (Å²) in [6, 6.07) is 0. The molecule has 1 heterocycles. The monoisotopic (exact) mass is 326 g/mol. The van der Waals surface area contributed by atoms with Crippen LogP contribution in [0.15, 0.2) is 4.99 Å². The van der Waals surface area contributed by atoms with Crippen molar-refractivity contribution in [3.05, 3.63) is 0 Å². The molecule has 1 amide bonds. The second-order valence-electron chi connectivity index (χ2n) is 6.90. The van der Waals surface area contributed by atoms with Crippen LogP contribution in [-0.2, 0) is 4.74 Å². The van der Waals surface area contributed by atoms with Gasteiger partial charge in [-0.15, -0.1) is 0 Å². The van der Waals surface area contributed by atoms with Gasteiger partial charge in [0.1, 0.15) is 5.60 Å². The molecule has 0 bridgehead atoms. The number of nitrogens with one attached hydrogen (secondary N) is 1. The largest absolute Gasteiger partial charge is 0.444 e. The molecule has 0 aromatic heterocycles. The van der Waals surface area contributed by atoms with E-state index < -0.39 is 5.60 Å². The molecule has 0 aliphatic carbocycles. The normalized spacial score (nSPS) is 15.7. The zero-order chi connectivity index (χ0) is 17.3. The molecule has 1 N–H and O–H groups in total. The first-order valence-electron chi connectivity index (χ1n) is 8.88. The second kappa shape index (κ2) is 9.63. The van der Waals surface area contributed by atoms with Crippen molar-refractivity contribution in [3.63, 3.8) is 0 Å². The van der Waals surface area contributed by atoms with Gasteiger partial charge in [-0.1, -0.05) is 6.92 Å². The molecule has 23 heavy (non-hydrogen) atoms. The van der Waals surface area contributed by atoms with Crippen molar-refractivity contribution in [2.75, 3.05) is 39.3 Å². The van der Waals surface area contributed by atoms with Crippen molar-refractivity contribution in [3.8, 4) is 0 Å². The highest BCUT2D eigenvalue weighted by molar-refractivity contribution is 5.80. The quantitative estimate of drug-likeness (QED) is 0.602. The van der Waals surface area contributed by atoms with E-state index in [1.807, 2.05) is 20.8 Å². The summed E-state index contributed by atoms with van der Waals surface area (Å²) in [7, 11) is 0. The van der Waals surface area contributed by atoms with Crippen LogP contribution in [0, 0.1) is 0 Å².